The Morgan fingerprint density at radius 3 is 2.85 bits per heavy atom. The van der Waals surface area contributed by atoms with Gasteiger partial charge in [0, 0.05) is 6.54 Å². The number of ether oxygens (including phenoxy) is 1. The Bertz CT molecular complexity index is 1040. The van der Waals surface area contributed by atoms with Crippen molar-refractivity contribution in [2.45, 2.75) is 32.7 Å². The third-order valence-corrected chi connectivity index (χ3v) is 6.20. The van der Waals surface area contributed by atoms with Crippen LogP contribution < -0.4 is 10.3 Å². The van der Waals surface area contributed by atoms with E-state index in [4.69, 9.17) is 4.74 Å². The fraction of sp³-hybridized carbons (Fsp3) is 0.350. The smallest absolute Gasteiger partial charge is 0.264 e. The van der Waals surface area contributed by atoms with E-state index < -0.39 is 0 Å². The van der Waals surface area contributed by atoms with E-state index in [2.05, 4.69) is 9.97 Å². The molecule has 1 N–H and O–H groups in total. The molecule has 1 aliphatic rings. The van der Waals surface area contributed by atoms with Crippen LogP contribution in [0.15, 0.2) is 35.4 Å². The van der Waals surface area contributed by atoms with Crippen LogP contribution in [0.1, 0.15) is 46.6 Å². The Morgan fingerprint density at radius 1 is 1.37 bits per heavy atom. The lowest BCUT2D eigenvalue weighted by Crippen LogP contribution is -2.30. The van der Waals surface area contributed by atoms with Crippen molar-refractivity contribution < 1.29 is 9.53 Å². The number of nitrogens with one attached hydrogen (secondary N) is 1. The molecule has 1 saturated heterocycles. The first-order chi connectivity index (χ1) is 13.1. The largest absolute Gasteiger partial charge is 0.494 e. The number of hydrogen-bond acceptors (Lipinski definition) is 5. The number of amides is 1. The summed E-state index contributed by atoms with van der Waals surface area (Å²) in [6.45, 7) is 5.13. The molecule has 0 spiro atoms. The molecular weight excluding hydrogens is 362 g/mol. The van der Waals surface area contributed by atoms with Gasteiger partial charge in [0.2, 0.25) is 0 Å². The zero-order valence-electron chi connectivity index (χ0n) is 15.3. The number of fused-ring (bicyclic) bond motifs is 1. The number of H-pyrrole nitrogens is 1. The second-order valence-electron chi connectivity index (χ2n) is 6.63. The number of nitrogens with zero attached hydrogens (tertiary/aromatic N) is 2. The SMILES string of the molecule is CCOc1ccc(C2CCCN2C(=O)c2sc3nc[nH]c(=O)c3c2C)cc1. The first-order valence-electron chi connectivity index (χ1n) is 9.10. The van der Waals surface area contributed by atoms with E-state index in [1.54, 1.807) is 0 Å². The van der Waals surface area contributed by atoms with E-state index >= 15 is 0 Å². The highest BCUT2D eigenvalue weighted by Crippen LogP contribution is 2.36. The van der Waals surface area contributed by atoms with Crippen molar-refractivity contribution in [3.8, 4) is 5.75 Å². The van der Waals surface area contributed by atoms with Gasteiger partial charge in [0.25, 0.3) is 11.5 Å². The van der Waals surface area contributed by atoms with Crippen molar-refractivity contribution in [1.82, 2.24) is 14.9 Å². The summed E-state index contributed by atoms with van der Waals surface area (Å²) in [5.74, 6) is 0.814. The Balaban J connectivity index is 1.66. The molecule has 1 amide bonds. The van der Waals surface area contributed by atoms with Crippen LogP contribution in [0.25, 0.3) is 10.2 Å². The van der Waals surface area contributed by atoms with E-state index in [1.165, 1.54) is 17.7 Å². The van der Waals surface area contributed by atoms with Gasteiger partial charge < -0.3 is 14.6 Å². The monoisotopic (exact) mass is 383 g/mol. The molecular formula is C20H21N3O3S. The van der Waals surface area contributed by atoms with Crippen LogP contribution in [0.3, 0.4) is 0 Å². The van der Waals surface area contributed by atoms with E-state index in [0.29, 0.717) is 33.8 Å². The number of aromatic nitrogens is 2. The first kappa shape index (κ1) is 17.7. The zero-order chi connectivity index (χ0) is 19.0. The van der Waals surface area contributed by atoms with E-state index in [-0.39, 0.29) is 17.5 Å². The molecule has 1 aromatic carbocycles. The Hall–Kier alpha value is -2.67. The number of hydrogen-bond donors (Lipinski definition) is 1. The maximum absolute atomic E-state index is 13.3. The average Bonchev–Trinajstić information content (AvgIpc) is 3.28. The lowest BCUT2D eigenvalue weighted by atomic mass is 10.0. The molecule has 6 nitrogen and oxygen atoms in total. The predicted molar refractivity (Wildman–Crippen MR) is 106 cm³/mol. The summed E-state index contributed by atoms with van der Waals surface area (Å²) in [6, 6.07) is 8.02. The highest BCUT2D eigenvalue weighted by atomic mass is 32.1. The zero-order valence-corrected chi connectivity index (χ0v) is 16.1. The molecule has 1 unspecified atom stereocenters. The van der Waals surface area contributed by atoms with Crippen LogP contribution in [-0.4, -0.2) is 33.9 Å². The number of aryl methyl sites for hydroxylation is 1. The van der Waals surface area contributed by atoms with Gasteiger partial charge in [-0.25, -0.2) is 4.98 Å². The van der Waals surface area contributed by atoms with Gasteiger partial charge in [0.1, 0.15) is 10.6 Å². The van der Waals surface area contributed by atoms with Crippen LogP contribution in [0, 0.1) is 6.92 Å². The van der Waals surface area contributed by atoms with Gasteiger partial charge in [0.15, 0.2) is 0 Å². The number of thiophene rings is 1. The summed E-state index contributed by atoms with van der Waals surface area (Å²) in [6.07, 6.45) is 3.28. The maximum Gasteiger partial charge on any atom is 0.264 e. The highest BCUT2D eigenvalue weighted by molar-refractivity contribution is 7.20. The average molecular weight is 383 g/mol. The van der Waals surface area contributed by atoms with Crippen molar-refractivity contribution in [2.24, 2.45) is 0 Å². The van der Waals surface area contributed by atoms with Crippen molar-refractivity contribution in [3.63, 3.8) is 0 Å². The molecule has 0 saturated carbocycles. The number of rotatable bonds is 4. The Morgan fingerprint density at radius 2 is 2.15 bits per heavy atom. The normalized spacial score (nSPS) is 16.8. The molecule has 7 heteroatoms. The summed E-state index contributed by atoms with van der Waals surface area (Å²) < 4.78 is 5.51. The molecule has 2 aromatic heterocycles. The van der Waals surface area contributed by atoms with E-state index in [9.17, 15) is 9.59 Å². The Kier molecular flexibility index (Phi) is 4.70. The van der Waals surface area contributed by atoms with Crippen molar-refractivity contribution in [3.05, 3.63) is 57.0 Å². The predicted octanol–water partition coefficient (Wildman–Crippen LogP) is 3.67. The van der Waals surface area contributed by atoms with E-state index in [0.717, 1.165) is 24.2 Å². The quantitative estimate of drug-likeness (QED) is 0.746. The number of aromatic amines is 1. The molecule has 1 atom stereocenters. The fourth-order valence-corrected chi connectivity index (χ4v) is 4.83. The highest BCUT2D eigenvalue weighted by Gasteiger charge is 2.32. The minimum atomic E-state index is -0.197. The van der Waals surface area contributed by atoms with Crippen LogP contribution in [0.4, 0.5) is 0 Å². The minimum absolute atomic E-state index is 0.0220. The molecule has 140 valence electrons. The number of carbonyl (C=O) groups is 1. The summed E-state index contributed by atoms with van der Waals surface area (Å²) in [5, 5.41) is 0.516. The second-order valence-corrected chi connectivity index (χ2v) is 7.63. The fourth-order valence-electron chi connectivity index (χ4n) is 3.72. The topological polar surface area (TPSA) is 75.3 Å². The van der Waals surface area contributed by atoms with Gasteiger partial charge in [-0.05, 0) is 49.9 Å². The molecule has 0 aliphatic carbocycles. The van der Waals surface area contributed by atoms with Gasteiger partial charge in [-0.1, -0.05) is 12.1 Å². The molecule has 27 heavy (non-hydrogen) atoms. The molecule has 0 bridgehead atoms. The Labute approximate surface area is 160 Å². The third-order valence-electron chi connectivity index (χ3n) is 5.02. The summed E-state index contributed by atoms with van der Waals surface area (Å²) in [5.41, 5.74) is 1.63. The minimum Gasteiger partial charge on any atom is -0.494 e. The lowest BCUT2D eigenvalue weighted by molar-refractivity contribution is 0.0740. The second kappa shape index (κ2) is 7.15. The molecule has 1 aliphatic heterocycles. The van der Waals surface area contributed by atoms with Crippen LogP contribution in [0.2, 0.25) is 0 Å². The lowest BCUT2D eigenvalue weighted by Gasteiger charge is -2.25. The number of carbonyl (C=O) groups excluding carboxylic acids is 1. The molecule has 4 rings (SSSR count). The van der Waals surface area contributed by atoms with Crippen molar-refractivity contribution in [1.29, 1.82) is 0 Å². The molecule has 3 heterocycles. The van der Waals surface area contributed by atoms with E-state index in [1.807, 2.05) is 43.0 Å². The summed E-state index contributed by atoms with van der Waals surface area (Å²) in [4.78, 5) is 35.3. The standard InChI is InChI=1S/C20H21N3O3S/c1-3-26-14-8-6-13(7-9-14)15-5-4-10-23(15)20(25)17-12(2)16-18(24)21-11-22-19(16)27-17/h6-9,11,15H,3-5,10H2,1-2H3,(H,21,22,24). The third kappa shape index (κ3) is 3.12. The van der Waals surface area contributed by atoms with Crippen molar-refractivity contribution in [2.75, 3.05) is 13.2 Å². The summed E-state index contributed by atoms with van der Waals surface area (Å²) >= 11 is 1.30. The van der Waals surface area contributed by atoms with Gasteiger partial charge in [-0.3, -0.25) is 9.59 Å². The van der Waals surface area contributed by atoms with Crippen molar-refractivity contribution >= 4 is 27.5 Å². The molecule has 3 aromatic rings. The van der Waals surface area contributed by atoms with Crippen LogP contribution in [-0.2, 0) is 0 Å². The number of likely N-dealkylation sites (tertiary alicyclic amines) is 1. The first-order valence-corrected chi connectivity index (χ1v) is 9.92. The van der Waals surface area contributed by atoms with Crippen LogP contribution >= 0.6 is 11.3 Å². The van der Waals surface area contributed by atoms with Gasteiger partial charge in [-0.15, -0.1) is 11.3 Å². The van der Waals surface area contributed by atoms with Gasteiger partial charge in [0.05, 0.1) is 29.2 Å². The van der Waals surface area contributed by atoms with Crippen LogP contribution in [0.5, 0.6) is 5.75 Å². The maximum atomic E-state index is 13.3. The number of benzene rings is 1. The summed E-state index contributed by atoms with van der Waals surface area (Å²) in [7, 11) is 0. The molecule has 0 radical (unpaired) electrons. The van der Waals surface area contributed by atoms with Gasteiger partial charge in [-0.2, -0.15) is 0 Å². The van der Waals surface area contributed by atoms with Gasteiger partial charge >= 0.3 is 0 Å². The molecule has 1 fully saturated rings.